The summed E-state index contributed by atoms with van der Waals surface area (Å²) in [5.41, 5.74) is 1.90. The van der Waals surface area contributed by atoms with E-state index in [-0.39, 0.29) is 11.3 Å². The van der Waals surface area contributed by atoms with Crippen molar-refractivity contribution in [3.63, 3.8) is 0 Å². The fourth-order valence-electron chi connectivity index (χ4n) is 2.59. The van der Waals surface area contributed by atoms with Crippen LogP contribution in [0.1, 0.15) is 43.2 Å². The highest BCUT2D eigenvalue weighted by Crippen LogP contribution is 2.45. The maximum atomic E-state index is 10.7. The van der Waals surface area contributed by atoms with Gasteiger partial charge in [-0.05, 0) is 30.0 Å². The van der Waals surface area contributed by atoms with E-state index >= 15 is 0 Å². The molecular weight excluding hydrogens is 316 g/mol. The lowest BCUT2D eigenvalue weighted by atomic mass is 9.83. The van der Waals surface area contributed by atoms with Gasteiger partial charge in [-0.2, -0.15) is 0 Å². The van der Waals surface area contributed by atoms with Gasteiger partial charge in [-0.15, -0.1) is 11.6 Å². The van der Waals surface area contributed by atoms with E-state index in [4.69, 9.17) is 16.7 Å². The maximum Gasteiger partial charge on any atom is 0.307 e. The number of carboxylic acid groups (broad SMARTS) is 1. The van der Waals surface area contributed by atoms with Crippen LogP contribution in [0.5, 0.6) is 0 Å². The number of hydrogen-bond acceptors (Lipinski definition) is 1. The first-order valence-corrected chi connectivity index (χ1v) is 7.38. The predicted octanol–water partition coefficient (Wildman–Crippen LogP) is 4.47. The summed E-state index contributed by atoms with van der Waals surface area (Å²) >= 11 is 10.2. The van der Waals surface area contributed by atoms with Gasteiger partial charge in [0.05, 0.1) is 11.3 Å². The third kappa shape index (κ3) is 3.07. The Kier molecular flexibility index (Phi) is 4.33. The standard InChI is InChI=1S/C14H16BrClO2/c15-12-8-10(9-13(17)18)4-5-11(12)14(16)6-2-1-3-7-14/h4-5,8H,1-3,6-7,9H2,(H,17,18). The molecule has 0 unspecified atom stereocenters. The van der Waals surface area contributed by atoms with E-state index in [1.165, 1.54) is 6.42 Å². The Labute approximate surface area is 120 Å². The van der Waals surface area contributed by atoms with Crippen LogP contribution in [-0.2, 0) is 16.1 Å². The summed E-state index contributed by atoms with van der Waals surface area (Å²) in [4.78, 5) is 10.4. The molecule has 0 atom stereocenters. The first kappa shape index (κ1) is 13.9. The van der Waals surface area contributed by atoms with E-state index in [0.29, 0.717) is 0 Å². The van der Waals surface area contributed by atoms with E-state index in [2.05, 4.69) is 15.9 Å². The summed E-state index contributed by atoms with van der Waals surface area (Å²) in [6.07, 6.45) is 5.61. The lowest BCUT2D eigenvalue weighted by molar-refractivity contribution is -0.136. The third-order valence-corrected chi connectivity index (χ3v) is 4.76. The van der Waals surface area contributed by atoms with E-state index in [1.807, 2.05) is 18.2 Å². The molecule has 1 aliphatic rings. The topological polar surface area (TPSA) is 37.3 Å². The molecule has 98 valence electrons. The Bertz CT molecular complexity index is 453. The molecule has 4 heteroatoms. The third-order valence-electron chi connectivity index (χ3n) is 3.52. The Hall–Kier alpha value is -0.540. The van der Waals surface area contributed by atoms with Gasteiger partial charge in [0.2, 0.25) is 0 Å². The highest BCUT2D eigenvalue weighted by molar-refractivity contribution is 9.10. The monoisotopic (exact) mass is 330 g/mol. The number of alkyl halides is 1. The lowest BCUT2D eigenvalue weighted by Crippen LogP contribution is -2.22. The first-order chi connectivity index (χ1) is 8.51. The molecule has 1 aromatic rings. The molecule has 1 saturated carbocycles. The zero-order valence-electron chi connectivity index (χ0n) is 10.1. The lowest BCUT2D eigenvalue weighted by Gasteiger charge is -2.32. The van der Waals surface area contributed by atoms with Crippen LogP contribution in [0.2, 0.25) is 0 Å². The summed E-state index contributed by atoms with van der Waals surface area (Å²) < 4.78 is 0.929. The fraction of sp³-hybridized carbons (Fsp3) is 0.500. The Balaban J connectivity index is 2.26. The van der Waals surface area contributed by atoms with Crippen LogP contribution in [-0.4, -0.2) is 11.1 Å². The van der Waals surface area contributed by atoms with Crippen molar-refractivity contribution in [2.75, 3.05) is 0 Å². The second-order valence-corrected chi connectivity index (χ2v) is 6.49. The van der Waals surface area contributed by atoms with E-state index in [9.17, 15) is 4.79 Å². The van der Waals surface area contributed by atoms with Gasteiger partial charge in [0.1, 0.15) is 0 Å². The average molecular weight is 332 g/mol. The molecule has 1 N–H and O–H groups in total. The number of hydrogen-bond donors (Lipinski definition) is 1. The zero-order chi connectivity index (χ0) is 13.2. The van der Waals surface area contributed by atoms with Crippen LogP contribution in [0.4, 0.5) is 0 Å². The summed E-state index contributed by atoms with van der Waals surface area (Å²) in [6.45, 7) is 0. The average Bonchev–Trinajstić information content (AvgIpc) is 2.28. The molecule has 2 nitrogen and oxygen atoms in total. The largest absolute Gasteiger partial charge is 0.481 e. The van der Waals surface area contributed by atoms with Gasteiger partial charge in [0.25, 0.3) is 0 Å². The van der Waals surface area contributed by atoms with Gasteiger partial charge in [0.15, 0.2) is 0 Å². The molecule has 1 fully saturated rings. The second kappa shape index (κ2) is 5.62. The van der Waals surface area contributed by atoms with Gasteiger partial charge < -0.3 is 5.11 Å². The minimum Gasteiger partial charge on any atom is -0.481 e. The van der Waals surface area contributed by atoms with Crippen LogP contribution >= 0.6 is 27.5 Å². The van der Waals surface area contributed by atoms with Gasteiger partial charge in [-0.1, -0.05) is 47.3 Å². The normalized spacial score (nSPS) is 18.6. The minimum absolute atomic E-state index is 0.0498. The molecule has 0 saturated heterocycles. The smallest absolute Gasteiger partial charge is 0.307 e. The Morgan fingerprint density at radius 1 is 1.33 bits per heavy atom. The molecular formula is C14H16BrClO2. The molecule has 1 aromatic carbocycles. The van der Waals surface area contributed by atoms with Crippen molar-refractivity contribution in [2.45, 2.75) is 43.4 Å². The number of aliphatic carboxylic acids is 1. The zero-order valence-corrected chi connectivity index (χ0v) is 12.4. The van der Waals surface area contributed by atoms with Crippen molar-refractivity contribution in [1.82, 2.24) is 0 Å². The molecule has 0 aliphatic heterocycles. The molecule has 0 bridgehead atoms. The number of carboxylic acids is 1. The van der Waals surface area contributed by atoms with Gasteiger partial charge >= 0.3 is 5.97 Å². The molecule has 1 aliphatic carbocycles. The quantitative estimate of drug-likeness (QED) is 0.829. The highest BCUT2D eigenvalue weighted by Gasteiger charge is 2.33. The SMILES string of the molecule is O=C(O)Cc1ccc(C2(Cl)CCCCC2)c(Br)c1. The molecule has 0 spiro atoms. The van der Waals surface area contributed by atoms with Crippen molar-refractivity contribution in [3.05, 3.63) is 33.8 Å². The molecule has 0 heterocycles. The van der Waals surface area contributed by atoms with Crippen LogP contribution in [0.3, 0.4) is 0 Å². The van der Waals surface area contributed by atoms with Crippen molar-refractivity contribution in [3.8, 4) is 0 Å². The molecule has 18 heavy (non-hydrogen) atoms. The van der Waals surface area contributed by atoms with E-state index in [0.717, 1.165) is 41.3 Å². The molecule has 2 rings (SSSR count). The van der Waals surface area contributed by atoms with Crippen molar-refractivity contribution in [2.24, 2.45) is 0 Å². The van der Waals surface area contributed by atoms with Gasteiger partial charge in [-0.3, -0.25) is 4.79 Å². The van der Waals surface area contributed by atoms with Crippen LogP contribution in [0, 0.1) is 0 Å². The Morgan fingerprint density at radius 2 is 2.00 bits per heavy atom. The van der Waals surface area contributed by atoms with Crippen LogP contribution in [0.25, 0.3) is 0 Å². The predicted molar refractivity (Wildman–Crippen MR) is 76.1 cm³/mol. The molecule has 0 aromatic heterocycles. The maximum absolute atomic E-state index is 10.7. The fourth-order valence-corrected chi connectivity index (χ4v) is 3.94. The van der Waals surface area contributed by atoms with Crippen molar-refractivity contribution in [1.29, 1.82) is 0 Å². The van der Waals surface area contributed by atoms with Gasteiger partial charge in [-0.25, -0.2) is 0 Å². The number of halogens is 2. The minimum atomic E-state index is -0.812. The first-order valence-electron chi connectivity index (χ1n) is 6.21. The Morgan fingerprint density at radius 3 is 2.56 bits per heavy atom. The van der Waals surface area contributed by atoms with Gasteiger partial charge in [0, 0.05) is 4.47 Å². The summed E-state index contributed by atoms with van der Waals surface area (Å²) in [6, 6.07) is 5.72. The number of carbonyl (C=O) groups is 1. The number of benzene rings is 1. The number of rotatable bonds is 3. The van der Waals surface area contributed by atoms with Crippen molar-refractivity contribution >= 4 is 33.5 Å². The molecule has 0 amide bonds. The van der Waals surface area contributed by atoms with E-state index in [1.54, 1.807) is 0 Å². The van der Waals surface area contributed by atoms with Crippen LogP contribution in [0.15, 0.2) is 22.7 Å². The van der Waals surface area contributed by atoms with Crippen molar-refractivity contribution < 1.29 is 9.90 Å². The summed E-state index contributed by atoms with van der Waals surface area (Å²) in [5.74, 6) is -0.812. The van der Waals surface area contributed by atoms with E-state index < -0.39 is 5.97 Å². The summed E-state index contributed by atoms with van der Waals surface area (Å²) in [7, 11) is 0. The second-order valence-electron chi connectivity index (χ2n) is 4.91. The molecule has 0 radical (unpaired) electrons. The van der Waals surface area contributed by atoms with Crippen LogP contribution < -0.4 is 0 Å². The highest BCUT2D eigenvalue weighted by atomic mass is 79.9. The summed E-state index contributed by atoms with van der Waals surface area (Å²) in [5, 5.41) is 8.79.